The summed E-state index contributed by atoms with van der Waals surface area (Å²) >= 11 is 5.78. The van der Waals surface area contributed by atoms with Crippen LogP contribution in [-0.2, 0) is 16.1 Å². The predicted octanol–water partition coefficient (Wildman–Crippen LogP) is 1.60. The van der Waals surface area contributed by atoms with E-state index in [4.69, 9.17) is 16.7 Å². The molecule has 7 nitrogen and oxygen atoms in total. The fourth-order valence-corrected chi connectivity index (χ4v) is 2.43. The topological polar surface area (TPSA) is 98.7 Å². The first-order chi connectivity index (χ1) is 11.4. The summed E-state index contributed by atoms with van der Waals surface area (Å²) in [6, 6.07) is 5.60. The molecular formula is C16H20ClN3O4. The molecule has 1 aromatic rings. The van der Waals surface area contributed by atoms with E-state index in [0.717, 1.165) is 18.4 Å². The van der Waals surface area contributed by atoms with Gasteiger partial charge in [0.05, 0.1) is 6.54 Å². The molecule has 3 N–H and O–H groups in total. The average Bonchev–Trinajstić information content (AvgIpc) is 3.37. The molecule has 0 aromatic heterocycles. The van der Waals surface area contributed by atoms with Gasteiger partial charge in [0.1, 0.15) is 6.04 Å². The Kier molecular flexibility index (Phi) is 6.03. The molecular weight excluding hydrogens is 334 g/mol. The summed E-state index contributed by atoms with van der Waals surface area (Å²) in [5.41, 5.74) is 0.875. The highest BCUT2D eigenvalue weighted by Crippen LogP contribution is 2.28. The van der Waals surface area contributed by atoms with Crippen molar-refractivity contribution in [3.63, 3.8) is 0 Å². The van der Waals surface area contributed by atoms with E-state index in [9.17, 15) is 14.4 Å². The summed E-state index contributed by atoms with van der Waals surface area (Å²) in [6.07, 6.45) is 1.60. The number of aliphatic carboxylic acids is 1. The number of nitrogens with zero attached hydrogens (tertiary/aromatic N) is 1. The molecule has 0 bridgehead atoms. The summed E-state index contributed by atoms with van der Waals surface area (Å²) in [4.78, 5) is 36.4. The molecule has 2 rings (SSSR count). The molecule has 0 aliphatic heterocycles. The number of hydrogen-bond donors (Lipinski definition) is 3. The second-order valence-corrected chi connectivity index (χ2v) is 6.15. The number of urea groups is 1. The first-order valence-corrected chi connectivity index (χ1v) is 8.06. The maximum atomic E-state index is 12.2. The second-order valence-electron chi connectivity index (χ2n) is 5.71. The maximum Gasteiger partial charge on any atom is 0.326 e. The molecule has 1 fully saturated rings. The summed E-state index contributed by atoms with van der Waals surface area (Å²) in [7, 11) is 0. The molecule has 8 heteroatoms. The van der Waals surface area contributed by atoms with Gasteiger partial charge in [-0.2, -0.15) is 0 Å². The van der Waals surface area contributed by atoms with Crippen molar-refractivity contribution in [1.29, 1.82) is 0 Å². The van der Waals surface area contributed by atoms with Gasteiger partial charge in [0.25, 0.3) is 0 Å². The Balaban J connectivity index is 1.78. The highest BCUT2D eigenvalue weighted by molar-refractivity contribution is 6.30. The van der Waals surface area contributed by atoms with E-state index in [1.807, 2.05) is 0 Å². The Morgan fingerprint density at radius 3 is 2.42 bits per heavy atom. The predicted molar refractivity (Wildman–Crippen MR) is 88.7 cm³/mol. The van der Waals surface area contributed by atoms with Crippen molar-refractivity contribution in [2.75, 3.05) is 6.54 Å². The van der Waals surface area contributed by atoms with E-state index in [1.54, 1.807) is 24.3 Å². The van der Waals surface area contributed by atoms with Crippen LogP contribution in [-0.4, -0.2) is 46.5 Å². The van der Waals surface area contributed by atoms with Crippen LogP contribution in [0.3, 0.4) is 0 Å². The lowest BCUT2D eigenvalue weighted by atomic mass is 10.2. The Labute approximate surface area is 145 Å². The van der Waals surface area contributed by atoms with E-state index in [0.29, 0.717) is 11.6 Å². The minimum Gasteiger partial charge on any atom is -0.480 e. The van der Waals surface area contributed by atoms with Crippen LogP contribution in [0.4, 0.5) is 4.79 Å². The average molecular weight is 354 g/mol. The summed E-state index contributed by atoms with van der Waals surface area (Å²) in [5.74, 6) is -1.45. The van der Waals surface area contributed by atoms with Crippen LogP contribution in [0.15, 0.2) is 24.3 Å². The third kappa shape index (κ3) is 5.13. The molecule has 1 atom stereocenters. The Morgan fingerprint density at radius 1 is 1.25 bits per heavy atom. The SMILES string of the molecule is CC(C(=O)O)N(C(=O)CNC(=O)NCc1ccc(Cl)cc1)C1CC1. The number of rotatable bonds is 7. The van der Waals surface area contributed by atoms with Gasteiger partial charge in [-0.05, 0) is 37.5 Å². The van der Waals surface area contributed by atoms with Gasteiger partial charge < -0.3 is 20.6 Å². The first kappa shape index (κ1) is 18.1. The maximum absolute atomic E-state index is 12.2. The molecule has 0 spiro atoms. The van der Waals surface area contributed by atoms with E-state index in [-0.39, 0.29) is 12.6 Å². The number of carbonyl (C=O) groups is 3. The van der Waals surface area contributed by atoms with Gasteiger partial charge in [-0.1, -0.05) is 23.7 Å². The van der Waals surface area contributed by atoms with E-state index < -0.39 is 23.9 Å². The van der Waals surface area contributed by atoms with Crippen molar-refractivity contribution in [1.82, 2.24) is 15.5 Å². The fraction of sp³-hybridized carbons (Fsp3) is 0.438. The molecule has 0 heterocycles. The highest BCUT2D eigenvalue weighted by Gasteiger charge is 2.38. The Hall–Kier alpha value is -2.28. The zero-order valence-electron chi connectivity index (χ0n) is 13.3. The molecule has 0 radical (unpaired) electrons. The fourth-order valence-electron chi connectivity index (χ4n) is 2.30. The van der Waals surface area contributed by atoms with Gasteiger partial charge in [-0.15, -0.1) is 0 Å². The number of nitrogens with one attached hydrogen (secondary N) is 2. The Bertz CT molecular complexity index is 616. The summed E-state index contributed by atoms with van der Waals surface area (Å²) < 4.78 is 0. The number of benzene rings is 1. The number of amides is 3. The first-order valence-electron chi connectivity index (χ1n) is 7.68. The molecule has 1 unspecified atom stereocenters. The standard InChI is InChI=1S/C16H20ClN3O4/c1-10(15(22)23)20(13-6-7-13)14(21)9-19-16(24)18-8-11-2-4-12(17)5-3-11/h2-5,10,13H,6-9H2,1H3,(H,22,23)(H2,18,19,24). The lowest BCUT2D eigenvalue weighted by molar-refractivity contribution is -0.149. The van der Waals surface area contributed by atoms with Crippen LogP contribution >= 0.6 is 11.6 Å². The largest absolute Gasteiger partial charge is 0.480 e. The zero-order valence-corrected chi connectivity index (χ0v) is 14.0. The van der Waals surface area contributed by atoms with Gasteiger partial charge in [-0.3, -0.25) is 4.79 Å². The van der Waals surface area contributed by atoms with Crippen LogP contribution in [0, 0.1) is 0 Å². The van der Waals surface area contributed by atoms with Gasteiger partial charge in [0.2, 0.25) is 5.91 Å². The molecule has 24 heavy (non-hydrogen) atoms. The molecule has 1 saturated carbocycles. The summed E-state index contributed by atoms with van der Waals surface area (Å²) in [6.45, 7) is 1.54. The molecule has 3 amide bonds. The van der Waals surface area contributed by atoms with Crippen LogP contribution in [0.2, 0.25) is 5.02 Å². The minimum absolute atomic E-state index is 0.0393. The van der Waals surface area contributed by atoms with Crippen LogP contribution in [0.1, 0.15) is 25.3 Å². The lowest BCUT2D eigenvalue weighted by Gasteiger charge is -2.26. The molecule has 1 aliphatic rings. The third-order valence-electron chi connectivity index (χ3n) is 3.77. The van der Waals surface area contributed by atoms with Crippen molar-refractivity contribution >= 4 is 29.5 Å². The van der Waals surface area contributed by atoms with Gasteiger partial charge in [0, 0.05) is 17.6 Å². The van der Waals surface area contributed by atoms with Crippen molar-refractivity contribution in [2.24, 2.45) is 0 Å². The van der Waals surface area contributed by atoms with Crippen molar-refractivity contribution in [3.8, 4) is 0 Å². The lowest BCUT2D eigenvalue weighted by Crippen LogP contribution is -2.49. The smallest absolute Gasteiger partial charge is 0.326 e. The number of carbonyl (C=O) groups excluding carboxylic acids is 2. The second kappa shape index (κ2) is 8.01. The van der Waals surface area contributed by atoms with Gasteiger partial charge >= 0.3 is 12.0 Å². The summed E-state index contributed by atoms with van der Waals surface area (Å²) in [5, 5.41) is 14.8. The highest BCUT2D eigenvalue weighted by atomic mass is 35.5. The van der Waals surface area contributed by atoms with Crippen LogP contribution < -0.4 is 10.6 Å². The third-order valence-corrected chi connectivity index (χ3v) is 4.02. The van der Waals surface area contributed by atoms with Crippen molar-refractivity contribution < 1.29 is 19.5 Å². The van der Waals surface area contributed by atoms with Crippen LogP contribution in [0.5, 0.6) is 0 Å². The molecule has 130 valence electrons. The number of hydrogen-bond acceptors (Lipinski definition) is 3. The molecule has 1 aliphatic carbocycles. The minimum atomic E-state index is -1.05. The number of carboxylic acid groups (broad SMARTS) is 1. The Morgan fingerprint density at radius 2 is 1.88 bits per heavy atom. The number of halogens is 1. The van der Waals surface area contributed by atoms with Crippen LogP contribution in [0.25, 0.3) is 0 Å². The van der Waals surface area contributed by atoms with E-state index in [1.165, 1.54) is 11.8 Å². The van der Waals surface area contributed by atoms with Crippen molar-refractivity contribution in [3.05, 3.63) is 34.9 Å². The monoisotopic (exact) mass is 353 g/mol. The zero-order chi connectivity index (χ0) is 17.7. The quantitative estimate of drug-likeness (QED) is 0.693. The van der Waals surface area contributed by atoms with E-state index in [2.05, 4.69) is 10.6 Å². The van der Waals surface area contributed by atoms with Crippen molar-refractivity contribution in [2.45, 2.75) is 38.4 Å². The number of carboxylic acids is 1. The van der Waals surface area contributed by atoms with Gasteiger partial charge in [0.15, 0.2) is 0 Å². The molecule has 1 aromatic carbocycles. The molecule has 0 saturated heterocycles. The van der Waals surface area contributed by atoms with E-state index >= 15 is 0 Å². The van der Waals surface area contributed by atoms with Gasteiger partial charge in [-0.25, -0.2) is 9.59 Å². The normalized spacial score (nSPS) is 14.6.